The third kappa shape index (κ3) is 3.38. The Morgan fingerprint density at radius 2 is 2.25 bits per heavy atom. The standard InChI is InChI=1S/C15H19ClFN3/c1-3-7-20-8-6-19-15(20)10-14(18-2)11-4-5-13(17)12(16)9-11/h4-6,8-9,14,18H,3,7,10H2,1-2H3. The first kappa shape index (κ1) is 15.0. The smallest absolute Gasteiger partial charge is 0.141 e. The quantitative estimate of drug-likeness (QED) is 0.882. The van der Waals surface area contributed by atoms with Gasteiger partial charge >= 0.3 is 0 Å². The average molecular weight is 296 g/mol. The van der Waals surface area contributed by atoms with E-state index in [4.69, 9.17) is 11.6 Å². The molecule has 0 amide bonds. The molecule has 1 atom stereocenters. The van der Waals surface area contributed by atoms with Gasteiger partial charge in [-0.3, -0.25) is 0 Å². The van der Waals surface area contributed by atoms with E-state index in [9.17, 15) is 4.39 Å². The SMILES string of the molecule is CCCn1ccnc1CC(NC)c1ccc(F)c(Cl)c1. The third-order valence-electron chi connectivity index (χ3n) is 3.35. The first-order chi connectivity index (χ1) is 9.65. The first-order valence-electron chi connectivity index (χ1n) is 6.78. The minimum Gasteiger partial charge on any atom is -0.335 e. The number of hydrogen-bond acceptors (Lipinski definition) is 2. The van der Waals surface area contributed by atoms with Crippen LogP contribution in [0.2, 0.25) is 5.02 Å². The van der Waals surface area contributed by atoms with Crippen LogP contribution in [0, 0.1) is 5.82 Å². The topological polar surface area (TPSA) is 29.9 Å². The Bertz CT molecular complexity index is 568. The molecule has 1 aromatic heterocycles. The predicted octanol–water partition coefficient (Wildman–Crippen LogP) is 3.59. The van der Waals surface area contributed by atoms with Crippen molar-refractivity contribution in [1.29, 1.82) is 0 Å². The largest absolute Gasteiger partial charge is 0.335 e. The molecule has 1 unspecified atom stereocenters. The van der Waals surface area contributed by atoms with E-state index in [1.807, 2.05) is 19.4 Å². The van der Waals surface area contributed by atoms with E-state index in [2.05, 4.69) is 21.8 Å². The number of imidazole rings is 1. The van der Waals surface area contributed by atoms with Crippen molar-refractivity contribution in [3.8, 4) is 0 Å². The fraction of sp³-hybridized carbons (Fsp3) is 0.400. The highest BCUT2D eigenvalue weighted by molar-refractivity contribution is 6.30. The van der Waals surface area contributed by atoms with E-state index in [0.29, 0.717) is 0 Å². The molecule has 0 aliphatic rings. The predicted molar refractivity (Wildman–Crippen MR) is 79.4 cm³/mol. The number of rotatable bonds is 6. The number of nitrogens with one attached hydrogen (secondary N) is 1. The molecule has 2 rings (SSSR count). The molecule has 0 saturated heterocycles. The van der Waals surface area contributed by atoms with Crippen LogP contribution >= 0.6 is 11.6 Å². The minimum absolute atomic E-state index is 0.0612. The van der Waals surface area contributed by atoms with Crippen LogP contribution in [0.4, 0.5) is 4.39 Å². The lowest BCUT2D eigenvalue weighted by Crippen LogP contribution is -2.21. The monoisotopic (exact) mass is 295 g/mol. The van der Waals surface area contributed by atoms with Crippen LogP contribution in [0.25, 0.3) is 0 Å². The summed E-state index contributed by atoms with van der Waals surface area (Å²) in [6.45, 7) is 3.09. The molecule has 0 aliphatic heterocycles. The molecule has 0 radical (unpaired) electrons. The van der Waals surface area contributed by atoms with Crippen LogP contribution in [-0.2, 0) is 13.0 Å². The summed E-state index contributed by atoms with van der Waals surface area (Å²) in [5.74, 6) is 0.629. The molecule has 1 heterocycles. The summed E-state index contributed by atoms with van der Waals surface area (Å²) in [6, 6.07) is 4.90. The van der Waals surface area contributed by atoms with E-state index in [1.165, 1.54) is 6.07 Å². The zero-order valence-electron chi connectivity index (χ0n) is 11.7. The van der Waals surface area contributed by atoms with Crippen LogP contribution < -0.4 is 5.32 Å². The maximum Gasteiger partial charge on any atom is 0.141 e. The van der Waals surface area contributed by atoms with E-state index in [0.717, 1.165) is 30.8 Å². The van der Waals surface area contributed by atoms with Crippen LogP contribution in [0.1, 0.15) is 30.8 Å². The fourth-order valence-electron chi connectivity index (χ4n) is 2.27. The Kier molecular flexibility index (Phi) is 5.15. The molecular formula is C15H19ClFN3. The summed E-state index contributed by atoms with van der Waals surface area (Å²) < 4.78 is 15.4. The summed E-state index contributed by atoms with van der Waals surface area (Å²) in [4.78, 5) is 4.40. The van der Waals surface area contributed by atoms with Gasteiger partial charge in [-0.1, -0.05) is 24.6 Å². The van der Waals surface area contributed by atoms with Crippen LogP contribution in [0.3, 0.4) is 0 Å². The van der Waals surface area contributed by atoms with E-state index < -0.39 is 5.82 Å². The van der Waals surface area contributed by atoms with Gasteiger partial charge in [-0.15, -0.1) is 0 Å². The molecule has 0 spiro atoms. The number of aryl methyl sites for hydroxylation is 1. The molecule has 5 heteroatoms. The van der Waals surface area contributed by atoms with Gasteiger partial charge in [0.05, 0.1) is 5.02 Å². The van der Waals surface area contributed by atoms with E-state index >= 15 is 0 Å². The van der Waals surface area contributed by atoms with Gasteiger partial charge in [0.2, 0.25) is 0 Å². The van der Waals surface area contributed by atoms with Crippen LogP contribution in [0.5, 0.6) is 0 Å². The first-order valence-corrected chi connectivity index (χ1v) is 7.15. The summed E-state index contributed by atoms with van der Waals surface area (Å²) in [5, 5.41) is 3.39. The molecule has 3 nitrogen and oxygen atoms in total. The Labute approximate surface area is 123 Å². The molecule has 108 valence electrons. The van der Waals surface area contributed by atoms with Crippen LogP contribution in [-0.4, -0.2) is 16.6 Å². The molecule has 1 N–H and O–H groups in total. The lowest BCUT2D eigenvalue weighted by molar-refractivity contribution is 0.541. The van der Waals surface area contributed by atoms with Gasteiger partial charge in [-0.2, -0.15) is 0 Å². The Morgan fingerprint density at radius 3 is 2.90 bits per heavy atom. The van der Waals surface area contributed by atoms with Crippen molar-refractivity contribution in [2.75, 3.05) is 7.05 Å². The van der Waals surface area contributed by atoms with Crippen molar-refractivity contribution < 1.29 is 4.39 Å². The summed E-state index contributed by atoms with van der Waals surface area (Å²) >= 11 is 5.85. The number of halogens is 2. The van der Waals surface area contributed by atoms with Crippen molar-refractivity contribution in [3.63, 3.8) is 0 Å². The van der Waals surface area contributed by atoms with E-state index in [-0.39, 0.29) is 11.1 Å². The van der Waals surface area contributed by atoms with Gasteiger partial charge < -0.3 is 9.88 Å². The van der Waals surface area contributed by atoms with E-state index in [1.54, 1.807) is 12.1 Å². The second-order valence-electron chi connectivity index (χ2n) is 4.76. The highest BCUT2D eigenvalue weighted by Crippen LogP contribution is 2.23. The van der Waals surface area contributed by atoms with Gasteiger partial charge in [0.25, 0.3) is 0 Å². The minimum atomic E-state index is -0.391. The highest BCUT2D eigenvalue weighted by Gasteiger charge is 2.15. The van der Waals surface area contributed by atoms with Gasteiger partial charge in [0.15, 0.2) is 0 Å². The summed E-state index contributed by atoms with van der Waals surface area (Å²) in [6.07, 6.45) is 5.61. The van der Waals surface area contributed by atoms with Crippen molar-refractivity contribution >= 4 is 11.6 Å². The maximum absolute atomic E-state index is 13.2. The van der Waals surface area contributed by atoms with Crippen LogP contribution in [0.15, 0.2) is 30.6 Å². The van der Waals surface area contributed by atoms with Crippen molar-refractivity contribution in [2.45, 2.75) is 32.4 Å². The van der Waals surface area contributed by atoms with Crippen molar-refractivity contribution in [2.24, 2.45) is 0 Å². The molecule has 0 aliphatic carbocycles. The zero-order valence-corrected chi connectivity index (χ0v) is 12.5. The van der Waals surface area contributed by atoms with Crippen molar-refractivity contribution in [1.82, 2.24) is 14.9 Å². The third-order valence-corrected chi connectivity index (χ3v) is 3.64. The van der Waals surface area contributed by atoms with Gasteiger partial charge in [-0.05, 0) is 31.2 Å². The van der Waals surface area contributed by atoms with Crippen molar-refractivity contribution in [3.05, 3.63) is 52.8 Å². The Morgan fingerprint density at radius 1 is 1.45 bits per heavy atom. The molecule has 2 aromatic rings. The molecule has 0 saturated carbocycles. The van der Waals surface area contributed by atoms with Gasteiger partial charge in [0, 0.05) is 31.4 Å². The number of likely N-dealkylation sites (N-methyl/N-ethyl adjacent to an activating group) is 1. The lowest BCUT2D eigenvalue weighted by Gasteiger charge is -2.17. The Balaban J connectivity index is 2.19. The molecule has 20 heavy (non-hydrogen) atoms. The molecule has 1 aromatic carbocycles. The molecule has 0 bridgehead atoms. The fourth-order valence-corrected chi connectivity index (χ4v) is 2.46. The van der Waals surface area contributed by atoms with Gasteiger partial charge in [-0.25, -0.2) is 9.37 Å². The molecule has 0 fully saturated rings. The number of aromatic nitrogens is 2. The Hall–Kier alpha value is -1.39. The van der Waals surface area contributed by atoms with Gasteiger partial charge in [0.1, 0.15) is 11.6 Å². The summed E-state index contributed by atoms with van der Waals surface area (Å²) in [5.41, 5.74) is 0.963. The zero-order chi connectivity index (χ0) is 14.5. The summed E-state index contributed by atoms with van der Waals surface area (Å²) in [7, 11) is 1.88. The average Bonchev–Trinajstić information content (AvgIpc) is 2.87. The normalized spacial score (nSPS) is 12.6. The maximum atomic E-state index is 13.2. The highest BCUT2D eigenvalue weighted by atomic mass is 35.5. The lowest BCUT2D eigenvalue weighted by atomic mass is 10.0. The number of hydrogen-bond donors (Lipinski definition) is 1. The second-order valence-corrected chi connectivity index (χ2v) is 5.16. The molecular weight excluding hydrogens is 277 g/mol. The second kappa shape index (κ2) is 6.86. The number of benzene rings is 1. The number of nitrogens with zero attached hydrogens (tertiary/aromatic N) is 2.